The molecule has 3 heterocycles. The van der Waals surface area contributed by atoms with Gasteiger partial charge in [0.05, 0.1) is 76.7 Å². The smallest absolute Gasteiger partial charge is 0.226 e. The van der Waals surface area contributed by atoms with Crippen LogP contribution in [-0.2, 0) is 49.8 Å². The van der Waals surface area contributed by atoms with Gasteiger partial charge in [0.25, 0.3) is 0 Å². The molecule has 3 unspecified atom stereocenters. The Kier molecular flexibility index (Phi) is 25.8. The van der Waals surface area contributed by atoms with Gasteiger partial charge in [-0.3, -0.25) is 4.68 Å². The zero-order valence-corrected chi connectivity index (χ0v) is 43.3. The first-order valence-corrected chi connectivity index (χ1v) is 27.6. The van der Waals surface area contributed by atoms with Crippen molar-refractivity contribution in [1.29, 1.82) is 0 Å². The Morgan fingerprint density at radius 1 is 0.786 bits per heavy atom. The number of hydrogen-bond donors (Lipinski definition) is 1. The number of aryl methyl sites for hydroxylation is 1. The first-order valence-electron chi connectivity index (χ1n) is 24.5. The molecule has 70 heavy (non-hydrogen) atoms. The molecule has 3 aromatic heterocycles. The minimum atomic E-state index is -0.931. The molecule has 0 spiro atoms. The maximum atomic E-state index is 13.7. The molecule has 1 aliphatic rings. The van der Waals surface area contributed by atoms with Gasteiger partial charge in [0.15, 0.2) is 5.65 Å². The fourth-order valence-corrected chi connectivity index (χ4v) is 10.3. The average Bonchev–Trinajstić information content (AvgIpc) is 4.12. The zero-order valence-electron chi connectivity index (χ0n) is 39.9. The highest BCUT2D eigenvalue weighted by atomic mass is 35.5. The van der Waals surface area contributed by atoms with Crippen LogP contribution in [0.25, 0.3) is 11.0 Å². The third-order valence-electron chi connectivity index (χ3n) is 12.1. The lowest BCUT2D eigenvalue weighted by Crippen LogP contribution is -2.25. The standard InChI is InChI=1S/C49H68Cl2F3N8O6PS/c50-44-13-7-6-12-38(44)32-60(47-43-31-55-62(48(43)57-49(51)56-47)41-15-14-37(28-41)35-70-36-69-63)17-8-5-11-20-65-23-25-67-26-27-68-34-40-33-61(59-58-40)18-9-3-1-2-4-10-19-64-22-24-66-21-16-42-45(53)29-39(52)30-46(42)54/h6-7,12-13,29-31,33,37,41,63,69H,1-5,8-11,14-28,32,34-36H2. The molecule has 21 heteroatoms. The van der Waals surface area contributed by atoms with Gasteiger partial charge >= 0.3 is 0 Å². The summed E-state index contributed by atoms with van der Waals surface area (Å²) in [5.74, 6) is -0.313. The topological polar surface area (TPSA) is 144 Å². The predicted molar refractivity (Wildman–Crippen MR) is 272 cm³/mol. The van der Waals surface area contributed by atoms with Gasteiger partial charge in [-0.1, -0.05) is 60.7 Å². The number of aromatic nitrogens is 7. The van der Waals surface area contributed by atoms with Crippen molar-refractivity contribution in [1.82, 2.24) is 34.7 Å². The predicted octanol–water partition coefficient (Wildman–Crippen LogP) is 10.8. The Morgan fingerprint density at radius 3 is 2.20 bits per heavy atom. The molecule has 0 amide bonds. The number of ether oxygens (including phenoxy) is 5. The van der Waals surface area contributed by atoms with Gasteiger partial charge in [0.1, 0.15) is 29.0 Å². The third-order valence-corrected chi connectivity index (χ3v) is 14.7. The van der Waals surface area contributed by atoms with E-state index in [1.54, 1.807) is 0 Å². The van der Waals surface area contributed by atoms with Crippen molar-refractivity contribution >= 4 is 60.6 Å². The number of rotatable bonds is 37. The minimum absolute atomic E-state index is 0.0131. The maximum absolute atomic E-state index is 13.7. The van der Waals surface area contributed by atoms with Gasteiger partial charge in [0, 0.05) is 76.3 Å². The van der Waals surface area contributed by atoms with E-state index in [4.69, 9.17) is 57.0 Å². The summed E-state index contributed by atoms with van der Waals surface area (Å²) < 4.78 is 72.6. The van der Waals surface area contributed by atoms with Gasteiger partial charge in [-0.05, 0) is 86.3 Å². The molecular weight excluding hydrogens is 988 g/mol. The molecular formula is C49H68Cl2F3N8O6PS. The van der Waals surface area contributed by atoms with Crippen molar-refractivity contribution in [2.75, 3.05) is 82.2 Å². The van der Waals surface area contributed by atoms with Gasteiger partial charge < -0.3 is 33.5 Å². The normalized spacial score (nSPS) is 15.1. The monoisotopic (exact) mass is 1050 g/mol. The third kappa shape index (κ3) is 19.4. The summed E-state index contributed by atoms with van der Waals surface area (Å²) >= 11 is 15.1. The first kappa shape index (κ1) is 56.1. The van der Waals surface area contributed by atoms with E-state index in [1.165, 1.54) is 0 Å². The fraction of sp³-hybridized carbons (Fsp3) is 0.612. The Balaban J connectivity index is 0.759. The van der Waals surface area contributed by atoms with Crippen LogP contribution < -0.4 is 4.90 Å². The van der Waals surface area contributed by atoms with Crippen molar-refractivity contribution in [3.8, 4) is 0 Å². The van der Waals surface area contributed by atoms with Crippen molar-refractivity contribution in [2.24, 2.45) is 5.92 Å². The molecule has 14 nitrogen and oxygen atoms in total. The molecule has 6 rings (SSSR count). The van der Waals surface area contributed by atoms with Crippen molar-refractivity contribution in [2.45, 2.75) is 109 Å². The summed E-state index contributed by atoms with van der Waals surface area (Å²) in [6.45, 7) is 6.62. The van der Waals surface area contributed by atoms with E-state index in [0.717, 1.165) is 129 Å². The highest BCUT2D eigenvalue weighted by molar-refractivity contribution is 8.02. The van der Waals surface area contributed by atoms with Crippen LogP contribution in [0.15, 0.2) is 48.8 Å². The van der Waals surface area contributed by atoms with Crippen LogP contribution in [0.4, 0.5) is 19.0 Å². The lowest BCUT2D eigenvalue weighted by molar-refractivity contribution is 0.00948. The molecule has 0 radical (unpaired) electrons. The summed E-state index contributed by atoms with van der Waals surface area (Å²) in [6.07, 6.45) is 16.3. The quantitative estimate of drug-likeness (QED) is 0.0229. The van der Waals surface area contributed by atoms with E-state index in [9.17, 15) is 18.1 Å². The Hall–Kier alpha value is -3.16. The molecule has 0 saturated heterocycles. The number of nitrogens with zero attached hydrogens (tertiary/aromatic N) is 8. The van der Waals surface area contributed by atoms with E-state index in [0.29, 0.717) is 89.1 Å². The van der Waals surface area contributed by atoms with Crippen LogP contribution in [0.2, 0.25) is 10.3 Å². The second-order valence-electron chi connectivity index (χ2n) is 17.4. The van der Waals surface area contributed by atoms with Crippen LogP contribution in [-0.4, -0.2) is 117 Å². The molecule has 2 aromatic carbocycles. The van der Waals surface area contributed by atoms with E-state index in [2.05, 4.69) is 20.2 Å². The average molecular weight is 1060 g/mol. The number of halogens is 5. The maximum Gasteiger partial charge on any atom is 0.226 e. The number of unbranched alkanes of at least 4 members (excludes halogenated alkanes) is 7. The molecule has 386 valence electrons. The molecule has 5 aromatic rings. The first-order chi connectivity index (χ1) is 34.3. The largest absolute Gasteiger partial charge is 0.379 e. The van der Waals surface area contributed by atoms with Gasteiger partial charge in [-0.2, -0.15) is 26.8 Å². The van der Waals surface area contributed by atoms with Crippen LogP contribution in [0.1, 0.15) is 99.9 Å². The van der Waals surface area contributed by atoms with E-state index < -0.39 is 17.5 Å². The van der Waals surface area contributed by atoms with Crippen LogP contribution in [0.5, 0.6) is 0 Å². The fourth-order valence-electron chi connectivity index (χ4n) is 8.48. The van der Waals surface area contributed by atoms with Crippen molar-refractivity contribution in [3.05, 3.63) is 93.4 Å². The highest BCUT2D eigenvalue weighted by Gasteiger charge is 2.29. The molecule has 3 atom stereocenters. The number of benzene rings is 2. The highest BCUT2D eigenvalue weighted by Crippen LogP contribution is 2.39. The number of hydrogen-bond acceptors (Lipinski definition) is 13. The zero-order chi connectivity index (χ0) is 49.2. The molecule has 1 N–H and O–H groups in total. The van der Waals surface area contributed by atoms with Crippen LogP contribution >= 0.6 is 43.8 Å². The van der Waals surface area contributed by atoms with Crippen molar-refractivity contribution < 1.29 is 41.7 Å². The Bertz CT molecular complexity index is 2250. The molecule has 0 aliphatic heterocycles. The van der Waals surface area contributed by atoms with Crippen molar-refractivity contribution in [3.63, 3.8) is 0 Å². The van der Waals surface area contributed by atoms with Crippen LogP contribution in [0.3, 0.4) is 0 Å². The number of thioether (sulfide) groups is 1. The van der Waals surface area contributed by atoms with Crippen LogP contribution in [0, 0.1) is 23.4 Å². The summed E-state index contributed by atoms with van der Waals surface area (Å²) in [5, 5.41) is 15.1. The Morgan fingerprint density at radius 2 is 1.46 bits per heavy atom. The second kappa shape index (κ2) is 32.1. The van der Waals surface area contributed by atoms with Gasteiger partial charge in [-0.25, -0.2) is 17.9 Å². The summed E-state index contributed by atoms with van der Waals surface area (Å²) in [7, 11) is -0.0131. The summed E-state index contributed by atoms with van der Waals surface area (Å²) in [5.41, 5.74) is 3.19. The minimum Gasteiger partial charge on any atom is -0.379 e. The summed E-state index contributed by atoms with van der Waals surface area (Å²) in [6, 6.07) is 9.49. The number of anilines is 1. The number of fused-ring (bicyclic) bond motifs is 1. The van der Waals surface area contributed by atoms with E-state index in [-0.39, 0.29) is 38.7 Å². The molecule has 1 fully saturated rings. The van der Waals surface area contributed by atoms with Gasteiger partial charge in [0.2, 0.25) is 5.28 Å². The molecule has 0 bridgehead atoms. The molecule has 1 aliphatic carbocycles. The lowest BCUT2D eigenvalue weighted by Gasteiger charge is -2.25. The molecule has 1 saturated carbocycles. The van der Waals surface area contributed by atoms with E-state index in [1.807, 2.05) is 57.8 Å². The SMILES string of the molecule is OPCSCC1CCC(n2ncc3c(N(CCCCCOCCOCCOCc4cn(CCCCCCCCOCCOCCc5c(F)cc(F)cc5F)nn4)Cc4ccccc4Cl)nc(Cl)nc32)C1. The summed E-state index contributed by atoms with van der Waals surface area (Å²) in [4.78, 5) is 20.9. The lowest BCUT2D eigenvalue weighted by atomic mass is 10.1. The Labute approximate surface area is 425 Å². The second-order valence-corrected chi connectivity index (χ2v) is 20.4. The van der Waals surface area contributed by atoms with E-state index >= 15 is 0 Å². The van der Waals surface area contributed by atoms with Gasteiger partial charge in [-0.15, -0.1) is 5.10 Å².